The van der Waals surface area contributed by atoms with Crippen LogP contribution in [0.25, 0.3) is 10.9 Å². The van der Waals surface area contributed by atoms with E-state index in [2.05, 4.69) is 32.9 Å². The number of benzene rings is 2. The monoisotopic (exact) mass is 364 g/mol. The van der Waals surface area contributed by atoms with E-state index in [0.717, 1.165) is 9.26 Å². The minimum Gasteiger partial charge on any atom is -0.388 e. The summed E-state index contributed by atoms with van der Waals surface area (Å²) in [6, 6.07) is 15.0. The number of nitrogens with zero attached hydrogens (tertiary/aromatic N) is 1. The highest BCUT2D eigenvalue weighted by Gasteiger charge is 2.07. The number of hydrogen-bond donors (Lipinski definition) is 1. The van der Waals surface area contributed by atoms with Crippen LogP contribution in [0.3, 0.4) is 0 Å². The fourth-order valence-corrected chi connectivity index (χ4v) is 2.27. The van der Waals surface area contributed by atoms with Gasteiger partial charge in [0, 0.05) is 3.57 Å². The predicted octanol–water partition coefficient (Wildman–Crippen LogP) is 3.54. The maximum atomic E-state index is 11.8. The Morgan fingerprint density at radius 1 is 1.05 bits per heavy atom. The number of hydrogen-bond acceptors (Lipinski definition) is 4. The first kappa shape index (κ1) is 12.2. The molecule has 0 amide bonds. The van der Waals surface area contributed by atoms with Gasteiger partial charge in [0.25, 0.3) is 0 Å². The summed E-state index contributed by atoms with van der Waals surface area (Å²) in [5.74, 6) is 0. The van der Waals surface area contributed by atoms with Crippen molar-refractivity contribution in [3.63, 3.8) is 0 Å². The molecule has 0 unspecified atom stereocenters. The molecule has 3 aromatic rings. The van der Waals surface area contributed by atoms with E-state index in [-0.39, 0.29) is 11.6 Å². The SMILES string of the molecule is O=c1oc(Nc2ccccc2I)nc2ccccc12. The molecule has 94 valence electrons. The lowest BCUT2D eigenvalue weighted by molar-refractivity contribution is 0.522. The van der Waals surface area contributed by atoms with Crippen molar-refractivity contribution < 1.29 is 4.42 Å². The van der Waals surface area contributed by atoms with Crippen molar-refractivity contribution in [2.24, 2.45) is 0 Å². The van der Waals surface area contributed by atoms with Crippen LogP contribution in [0.2, 0.25) is 0 Å². The molecule has 2 aromatic carbocycles. The lowest BCUT2D eigenvalue weighted by atomic mass is 10.2. The van der Waals surface area contributed by atoms with Gasteiger partial charge >= 0.3 is 11.6 Å². The Balaban J connectivity index is 2.07. The number of halogens is 1. The molecule has 4 nitrogen and oxygen atoms in total. The summed E-state index contributed by atoms with van der Waals surface area (Å²) >= 11 is 2.20. The third-order valence-corrected chi connectivity index (χ3v) is 3.59. The molecule has 0 spiro atoms. The van der Waals surface area contributed by atoms with Crippen LogP contribution in [-0.4, -0.2) is 4.98 Å². The largest absolute Gasteiger partial charge is 0.388 e. The van der Waals surface area contributed by atoms with Gasteiger partial charge in [0.1, 0.15) is 0 Å². The molecule has 0 aliphatic carbocycles. The smallest absolute Gasteiger partial charge is 0.348 e. The number of fused-ring (bicyclic) bond motifs is 1. The second-order valence-corrected chi connectivity index (χ2v) is 5.09. The molecule has 1 aromatic heterocycles. The van der Waals surface area contributed by atoms with E-state index in [1.54, 1.807) is 18.2 Å². The van der Waals surface area contributed by atoms with Crippen LogP contribution in [-0.2, 0) is 0 Å². The first-order valence-corrected chi connectivity index (χ1v) is 6.73. The Bertz CT molecular complexity index is 799. The van der Waals surface area contributed by atoms with Crippen LogP contribution in [0.15, 0.2) is 57.7 Å². The Labute approximate surface area is 122 Å². The normalized spacial score (nSPS) is 10.6. The quantitative estimate of drug-likeness (QED) is 0.707. The molecular formula is C14H9IN2O2. The van der Waals surface area contributed by atoms with Crippen LogP contribution < -0.4 is 10.9 Å². The van der Waals surface area contributed by atoms with Gasteiger partial charge in [0.05, 0.1) is 16.6 Å². The Hall–Kier alpha value is -1.89. The number of nitrogens with one attached hydrogen (secondary N) is 1. The maximum absolute atomic E-state index is 11.8. The minimum atomic E-state index is -0.390. The Kier molecular flexibility index (Phi) is 3.20. The average molecular weight is 364 g/mol. The molecule has 5 heteroatoms. The molecule has 0 saturated heterocycles. The Morgan fingerprint density at radius 3 is 2.63 bits per heavy atom. The van der Waals surface area contributed by atoms with Crippen LogP contribution >= 0.6 is 22.6 Å². The van der Waals surface area contributed by atoms with Crippen molar-refractivity contribution in [2.75, 3.05) is 5.32 Å². The molecule has 0 radical (unpaired) electrons. The first-order chi connectivity index (χ1) is 9.24. The second kappa shape index (κ2) is 5.00. The molecule has 0 fully saturated rings. The molecule has 0 aliphatic heterocycles. The van der Waals surface area contributed by atoms with Gasteiger partial charge in [-0.3, -0.25) is 0 Å². The zero-order valence-electron chi connectivity index (χ0n) is 9.76. The predicted molar refractivity (Wildman–Crippen MR) is 82.7 cm³/mol. The van der Waals surface area contributed by atoms with Crippen molar-refractivity contribution >= 4 is 45.2 Å². The highest BCUT2D eigenvalue weighted by Crippen LogP contribution is 2.21. The van der Waals surface area contributed by atoms with Gasteiger partial charge in [-0.25, -0.2) is 4.79 Å². The molecule has 19 heavy (non-hydrogen) atoms. The molecule has 0 atom stereocenters. The number of para-hydroxylation sites is 2. The maximum Gasteiger partial charge on any atom is 0.348 e. The summed E-state index contributed by atoms with van der Waals surface area (Å²) < 4.78 is 6.19. The van der Waals surface area contributed by atoms with E-state index in [1.807, 2.05) is 30.3 Å². The van der Waals surface area contributed by atoms with E-state index in [4.69, 9.17) is 4.42 Å². The fourth-order valence-electron chi connectivity index (χ4n) is 1.75. The van der Waals surface area contributed by atoms with Crippen molar-refractivity contribution in [2.45, 2.75) is 0 Å². The van der Waals surface area contributed by atoms with Gasteiger partial charge in [-0.2, -0.15) is 4.98 Å². The third-order valence-electron chi connectivity index (χ3n) is 2.65. The number of aromatic nitrogens is 1. The summed E-state index contributed by atoms with van der Waals surface area (Å²) in [7, 11) is 0. The highest BCUT2D eigenvalue weighted by molar-refractivity contribution is 14.1. The first-order valence-electron chi connectivity index (χ1n) is 5.65. The van der Waals surface area contributed by atoms with Gasteiger partial charge in [-0.1, -0.05) is 24.3 Å². The van der Waals surface area contributed by atoms with E-state index in [9.17, 15) is 4.79 Å². The summed E-state index contributed by atoms with van der Waals surface area (Å²) in [6.45, 7) is 0. The topological polar surface area (TPSA) is 55.1 Å². The van der Waals surface area contributed by atoms with Crippen molar-refractivity contribution in [3.05, 3.63) is 62.5 Å². The molecule has 0 bridgehead atoms. The average Bonchev–Trinajstić information content (AvgIpc) is 2.42. The van der Waals surface area contributed by atoms with Gasteiger partial charge < -0.3 is 9.73 Å². The second-order valence-electron chi connectivity index (χ2n) is 3.93. The summed E-state index contributed by atoms with van der Waals surface area (Å²) in [5, 5.41) is 3.50. The van der Waals surface area contributed by atoms with Crippen molar-refractivity contribution in [3.8, 4) is 0 Å². The van der Waals surface area contributed by atoms with Crippen LogP contribution in [0, 0.1) is 3.57 Å². The van der Waals surface area contributed by atoms with Gasteiger partial charge in [0.2, 0.25) is 0 Å². The molecule has 1 heterocycles. The Morgan fingerprint density at radius 2 is 1.79 bits per heavy atom. The summed E-state index contributed by atoms with van der Waals surface area (Å²) in [4.78, 5) is 16.1. The lowest BCUT2D eigenvalue weighted by Crippen LogP contribution is -2.05. The zero-order chi connectivity index (χ0) is 13.2. The van der Waals surface area contributed by atoms with Crippen LogP contribution in [0.4, 0.5) is 11.7 Å². The van der Waals surface area contributed by atoms with Gasteiger partial charge in [-0.15, -0.1) is 0 Å². The standard InChI is InChI=1S/C14H9IN2O2/c15-10-6-2-4-8-12(10)17-14-16-11-7-3-1-5-9(11)13(18)19-14/h1-8H,(H,16,17). The molecule has 0 saturated carbocycles. The van der Waals surface area contributed by atoms with E-state index < -0.39 is 0 Å². The van der Waals surface area contributed by atoms with Crippen LogP contribution in [0.5, 0.6) is 0 Å². The third kappa shape index (κ3) is 2.46. The number of anilines is 2. The minimum absolute atomic E-state index is 0.202. The van der Waals surface area contributed by atoms with Crippen molar-refractivity contribution in [1.29, 1.82) is 0 Å². The number of rotatable bonds is 2. The van der Waals surface area contributed by atoms with Gasteiger partial charge in [0.15, 0.2) is 0 Å². The van der Waals surface area contributed by atoms with Crippen LogP contribution in [0.1, 0.15) is 0 Å². The van der Waals surface area contributed by atoms with Gasteiger partial charge in [-0.05, 0) is 46.9 Å². The van der Waals surface area contributed by atoms with E-state index in [0.29, 0.717) is 10.9 Å². The zero-order valence-corrected chi connectivity index (χ0v) is 11.9. The molecule has 3 rings (SSSR count). The summed E-state index contributed by atoms with van der Waals surface area (Å²) in [6.07, 6.45) is 0. The highest BCUT2D eigenvalue weighted by atomic mass is 127. The van der Waals surface area contributed by atoms with E-state index in [1.165, 1.54) is 0 Å². The molecular weight excluding hydrogens is 355 g/mol. The molecule has 1 N–H and O–H groups in total. The summed E-state index contributed by atoms with van der Waals surface area (Å²) in [5.41, 5.74) is 1.08. The molecule has 0 aliphatic rings. The lowest BCUT2D eigenvalue weighted by Gasteiger charge is -2.06. The van der Waals surface area contributed by atoms with Crippen molar-refractivity contribution in [1.82, 2.24) is 4.98 Å². The fraction of sp³-hybridized carbons (Fsp3) is 0. The van der Waals surface area contributed by atoms with E-state index >= 15 is 0 Å².